The van der Waals surface area contributed by atoms with E-state index in [0.29, 0.717) is 11.3 Å². The van der Waals surface area contributed by atoms with Crippen LogP contribution in [-0.4, -0.2) is 25.5 Å². The van der Waals surface area contributed by atoms with Crippen LogP contribution in [0.15, 0.2) is 36.7 Å². The maximum absolute atomic E-state index is 12.3. The van der Waals surface area contributed by atoms with Crippen molar-refractivity contribution >= 4 is 40.4 Å². The summed E-state index contributed by atoms with van der Waals surface area (Å²) in [5.74, 6) is -0.427. The minimum Gasteiger partial charge on any atom is -0.320 e. The number of halogens is 2. The molecule has 1 amide bonds. The van der Waals surface area contributed by atoms with Gasteiger partial charge in [-0.2, -0.15) is 5.10 Å². The lowest BCUT2D eigenvalue weighted by molar-refractivity contribution is 0.102. The van der Waals surface area contributed by atoms with Gasteiger partial charge in [0.1, 0.15) is 5.15 Å². The number of rotatable bonds is 2. The third-order valence-corrected chi connectivity index (χ3v) is 3.02. The number of amides is 1. The molecule has 0 fully saturated rings. The second kappa shape index (κ2) is 5.07. The monoisotopic (exact) mass is 307 g/mol. The van der Waals surface area contributed by atoms with E-state index in [1.165, 1.54) is 16.8 Å². The van der Waals surface area contributed by atoms with Crippen molar-refractivity contribution in [2.45, 2.75) is 0 Å². The van der Waals surface area contributed by atoms with Crippen LogP contribution in [0.2, 0.25) is 10.3 Å². The van der Waals surface area contributed by atoms with Crippen molar-refractivity contribution in [3.63, 3.8) is 0 Å². The van der Waals surface area contributed by atoms with Gasteiger partial charge in [-0.3, -0.25) is 4.79 Å². The van der Waals surface area contributed by atoms with Crippen LogP contribution in [0.4, 0.5) is 5.69 Å². The summed E-state index contributed by atoms with van der Waals surface area (Å²) in [7, 11) is 0. The number of hydrogen-bond acceptors (Lipinski definition) is 4. The number of carbonyl (C=O) groups excluding carboxylic acids is 1. The average molecular weight is 308 g/mol. The summed E-state index contributed by atoms with van der Waals surface area (Å²) in [6.45, 7) is 0. The van der Waals surface area contributed by atoms with E-state index >= 15 is 0 Å². The van der Waals surface area contributed by atoms with Crippen LogP contribution in [0.25, 0.3) is 5.65 Å². The Morgan fingerprint density at radius 1 is 1.25 bits per heavy atom. The maximum atomic E-state index is 12.3. The van der Waals surface area contributed by atoms with Crippen molar-refractivity contribution in [1.29, 1.82) is 0 Å². The number of hydrogen-bond donors (Lipinski definition) is 1. The van der Waals surface area contributed by atoms with Gasteiger partial charge in [-0.25, -0.2) is 14.5 Å². The lowest BCUT2D eigenvalue weighted by atomic mass is 10.3. The van der Waals surface area contributed by atoms with Crippen molar-refractivity contribution in [2.24, 2.45) is 0 Å². The SMILES string of the molecule is O=C(Nc1ccnc(Cl)c1)c1c(Cl)nc2cccnn12. The van der Waals surface area contributed by atoms with Crippen LogP contribution in [-0.2, 0) is 0 Å². The number of nitrogens with one attached hydrogen (secondary N) is 1. The Balaban J connectivity index is 1.99. The fourth-order valence-electron chi connectivity index (χ4n) is 1.72. The van der Waals surface area contributed by atoms with Crippen LogP contribution in [0.1, 0.15) is 10.5 Å². The molecule has 0 aromatic carbocycles. The molecule has 3 aromatic heterocycles. The lowest BCUT2D eigenvalue weighted by Crippen LogP contribution is -2.15. The van der Waals surface area contributed by atoms with E-state index in [0.717, 1.165) is 0 Å². The predicted octanol–water partition coefficient (Wildman–Crippen LogP) is 2.68. The molecule has 6 nitrogen and oxygen atoms in total. The van der Waals surface area contributed by atoms with Gasteiger partial charge in [-0.05, 0) is 24.3 Å². The molecule has 3 rings (SSSR count). The van der Waals surface area contributed by atoms with Crippen LogP contribution in [0.5, 0.6) is 0 Å². The van der Waals surface area contributed by atoms with Gasteiger partial charge in [-0.1, -0.05) is 23.2 Å². The molecule has 0 unspecified atom stereocenters. The number of nitrogens with zero attached hydrogens (tertiary/aromatic N) is 4. The minimum atomic E-state index is -0.427. The van der Waals surface area contributed by atoms with Crippen molar-refractivity contribution in [2.75, 3.05) is 5.32 Å². The standard InChI is InChI=1S/C12H7Cl2N5O/c13-8-6-7(3-5-15-8)17-12(20)10-11(14)18-9-2-1-4-16-19(9)10/h1-6H,(H,15,17,20). The molecule has 8 heteroatoms. The smallest absolute Gasteiger partial charge is 0.277 e. The van der Waals surface area contributed by atoms with Gasteiger partial charge >= 0.3 is 0 Å². The van der Waals surface area contributed by atoms with E-state index in [4.69, 9.17) is 23.2 Å². The fraction of sp³-hybridized carbons (Fsp3) is 0. The molecule has 3 aromatic rings. The summed E-state index contributed by atoms with van der Waals surface area (Å²) in [5.41, 5.74) is 1.17. The highest BCUT2D eigenvalue weighted by molar-refractivity contribution is 6.33. The van der Waals surface area contributed by atoms with E-state index in [-0.39, 0.29) is 16.0 Å². The summed E-state index contributed by atoms with van der Waals surface area (Å²) in [6, 6.07) is 6.57. The average Bonchev–Trinajstić information content (AvgIpc) is 2.74. The maximum Gasteiger partial charge on any atom is 0.277 e. The Morgan fingerprint density at radius 3 is 2.90 bits per heavy atom. The molecule has 0 radical (unpaired) electrons. The van der Waals surface area contributed by atoms with Gasteiger partial charge in [0.05, 0.1) is 0 Å². The number of aromatic nitrogens is 4. The van der Waals surface area contributed by atoms with Gasteiger partial charge in [-0.15, -0.1) is 0 Å². The van der Waals surface area contributed by atoms with Gasteiger partial charge in [0.2, 0.25) is 0 Å². The Bertz CT molecular complexity index is 801. The number of carbonyl (C=O) groups is 1. The highest BCUT2D eigenvalue weighted by Gasteiger charge is 2.19. The van der Waals surface area contributed by atoms with Crippen LogP contribution in [0.3, 0.4) is 0 Å². The first-order valence-electron chi connectivity index (χ1n) is 5.57. The molecular weight excluding hydrogens is 301 g/mol. The summed E-state index contributed by atoms with van der Waals surface area (Å²) in [4.78, 5) is 20.2. The Hall–Kier alpha value is -2.18. The second-order valence-electron chi connectivity index (χ2n) is 3.87. The number of pyridine rings is 1. The van der Waals surface area contributed by atoms with Crippen molar-refractivity contribution < 1.29 is 4.79 Å². The molecule has 0 atom stereocenters. The lowest BCUT2D eigenvalue weighted by Gasteiger charge is -2.04. The van der Waals surface area contributed by atoms with Gasteiger partial charge in [0, 0.05) is 18.1 Å². The quantitative estimate of drug-likeness (QED) is 0.739. The van der Waals surface area contributed by atoms with Crippen LogP contribution < -0.4 is 5.32 Å². The van der Waals surface area contributed by atoms with Crippen molar-refractivity contribution in [3.8, 4) is 0 Å². The molecule has 100 valence electrons. The molecule has 0 saturated heterocycles. The first-order valence-corrected chi connectivity index (χ1v) is 6.33. The van der Waals surface area contributed by atoms with E-state index in [2.05, 4.69) is 20.4 Å². The normalized spacial score (nSPS) is 10.7. The molecular formula is C12H7Cl2N5O. The van der Waals surface area contributed by atoms with Gasteiger partial charge in [0.15, 0.2) is 16.5 Å². The largest absolute Gasteiger partial charge is 0.320 e. The Morgan fingerprint density at radius 2 is 2.10 bits per heavy atom. The topological polar surface area (TPSA) is 72.2 Å². The summed E-state index contributed by atoms with van der Waals surface area (Å²) in [6.07, 6.45) is 3.04. The first-order chi connectivity index (χ1) is 9.65. The fourth-order valence-corrected chi connectivity index (χ4v) is 2.15. The highest BCUT2D eigenvalue weighted by Crippen LogP contribution is 2.19. The van der Waals surface area contributed by atoms with Crippen molar-refractivity contribution in [1.82, 2.24) is 19.6 Å². The molecule has 0 aliphatic carbocycles. The Labute approximate surface area is 123 Å². The van der Waals surface area contributed by atoms with E-state index in [1.54, 1.807) is 24.4 Å². The Kier molecular flexibility index (Phi) is 3.25. The molecule has 0 spiro atoms. The molecule has 0 aliphatic heterocycles. The first kappa shape index (κ1) is 12.8. The zero-order valence-electron chi connectivity index (χ0n) is 9.92. The van der Waals surface area contributed by atoms with Crippen molar-refractivity contribution in [3.05, 3.63) is 52.7 Å². The number of fused-ring (bicyclic) bond motifs is 1. The summed E-state index contributed by atoms with van der Waals surface area (Å²) in [5, 5.41) is 7.09. The van der Waals surface area contributed by atoms with Gasteiger partial charge < -0.3 is 5.32 Å². The van der Waals surface area contributed by atoms with Gasteiger partial charge in [0.25, 0.3) is 5.91 Å². The zero-order valence-corrected chi connectivity index (χ0v) is 11.4. The van der Waals surface area contributed by atoms with Crippen LogP contribution >= 0.6 is 23.2 Å². The summed E-state index contributed by atoms with van der Waals surface area (Å²) >= 11 is 11.7. The molecule has 1 N–H and O–H groups in total. The minimum absolute atomic E-state index is 0.0846. The number of imidazole rings is 1. The molecule has 0 bridgehead atoms. The third kappa shape index (κ3) is 2.31. The number of anilines is 1. The van der Waals surface area contributed by atoms with Crippen LogP contribution in [0, 0.1) is 0 Å². The highest BCUT2D eigenvalue weighted by atomic mass is 35.5. The molecule has 3 heterocycles. The molecule has 20 heavy (non-hydrogen) atoms. The van der Waals surface area contributed by atoms with E-state index < -0.39 is 5.91 Å². The second-order valence-corrected chi connectivity index (χ2v) is 4.61. The summed E-state index contributed by atoms with van der Waals surface area (Å²) < 4.78 is 1.38. The molecule has 0 aliphatic rings. The third-order valence-electron chi connectivity index (χ3n) is 2.55. The molecule has 0 saturated carbocycles. The van der Waals surface area contributed by atoms with E-state index in [1.807, 2.05) is 0 Å². The zero-order chi connectivity index (χ0) is 14.1. The predicted molar refractivity (Wildman–Crippen MR) is 75.2 cm³/mol. The van der Waals surface area contributed by atoms with E-state index in [9.17, 15) is 4.79 Å².